The fourth-order valence-corrected chi connectivity index (χ4v) is 1.79. The summed E-state index contributed by atoms with van der Waals surface area (Å²) in [5.41, 5.74) is 1.24. The quantitative estimate of drug-likeness (QED) is 0.867. The van der Waals surface area contributed by atoms with E-state index in [0.717, 1.165) is 23.0 Å². The number of hydrogen-bond acceptors (Lipinski definition) is 5. The molecule has 1 amide bonds. The molecule has 2 rings (SSSR count). The zero-order chi connectivity index (χ0) is 15.2. The summed E-state index contributed by atoms with van der Waals surface area (Å²) in [6.45, 7) is 4.81. The van der Waals surface area contributed by atoms with E-state index in [1.165, 1.54) is 6.20 Å². The van der Waals surface area contributed by atoms with Crippen molar-refractivity contribution in [2.45, 2.75) is 20.3 Å². The van der Waals surface area contributed by atoms with Gasteiger partial charge >= 0.3 is 0 Å². The van der Waals surface area contributed by atoms with Gasteiger partial charge < -0.3 is 10.6 Å². The number of aromatic nitrogens is 3. The molecular weight excluding hydrogens is 334 g/mol. The molecule has 0 unspecified atom stereocenters. The van der Waals surface area contributed by atoms with Crippen LogP contribution in [0.15, 0.2) is 29.1 Å². The smallest absolute Gasteiger partial charge is 0.277 e. The first-order valence-electron chi connectivity index (χ1n) is 6.59. The number of halogens is 1. The van der Waals surface area contributed by atoms with Crippen LogP contribution in [0.2, 0.25) is 0 Å². The predicted octanol–water partition coefficient (Wildman–Crippen LogP) is 3.02. The van der Waals surface area contributed by atoms with E-state index < -0.39 is 0 Å². The molecule has 2 N–H and O–H groups in total. The number of anilines is 2. The maximum Gasteiger partial charge on any atom is 0.277 e. The van der Waals surface area contributed by atoms with Gasteiger partial charge in [-0.2, -0.15) is 0 Å². The van der Waals surface area contributed by atoms with Gasteiger partial charge in [0.15, 0.2) is 0 Å². The molecule has 7 heteroatoms. The lowest BCUT2D eigenvalue weighted by Crippen LogP contribution is -2.15. The number of aryl methyl sites for hydroxylation is 1. The van der Waals surface area contributed by atoms with Crippen LogP contribution in [0.1, 0.15) is 29.4 Å². The lowest BCUT2D eigenvalue weighted by molar-refractivity contribution is 0.102. The van der Waals surface area contributed by atoms with Crippen molar-refractivity contribution in [2.24, 2.45) is 0 Å². The summed E-state index contributed by atoms with van der Waals surface area (Å²) in [5, 5.41) is 5.80. The second kappa shape index (κ2) is 7.12. The zero-order valence-electron chi connectivity index (χ0n) is 11.9. The maximum atomic E-state index is 12.0. The molecule has 6 nitrogen and oxygen atoms in total. The highest BCUT2D eigenvalue weighted by Crippen LogP contribution is 2.17. The van der Waals surface area contributed by atoms with Gasteiger partial charge in [-0.1, -0.05) is 6.92 Å². The Kier molecular flexibility index (Phi) is 5.21. The largest absolute Gasteiger partial charge is 0.369 e. The van der Waals surface area contributed by atoms with Crippen LogP contribution in [0.4, 0.5) is 11.6 Å². The van der Waals surface area contributed by atoms with E-state index in [-0.39, 0.29) is 11.6 Å². The fourth-order valence-electron chi connectivity index (χ4n) is 1.58. The molecule has 0 atom stereocenters. The summed E-state index contributed by atoms with van der Waals surface area (Å²) in [6, 6.07) is 1.78. The van der Waals surface area contributed by atoms with Crippen molar-refractivity contribution in [3.05, 3.63) is 40.4 Å². The molecule has 0 aliphatic rings. The van der Waals surface area contributed by atoms with Crippen LogP contribution < -0.4 is 10.6 Å². The number of carbonyl (C=O) groups is 1. The van der Waals surface area contributed by atoms with E-state index in [0.29, 0.717) is 11.6 Å². The van der Waals surface area contributed by atoms with Crippen molar-refractivity contribution >= 4 is 33.5 Å². The van der Waals surface area contributed by atoms with Gasteiger partial charge in [0.1, 0.15) is 17.3 Å². The van der Waals surface area contributed by atoms with Crippen molar-refractivity contribution in [1.82, 2.24) is 15.0 Å². The lowest BCUT2D eigenvalue weighted by Gasteiger charge is -2.06. The van der Waals surface area contributed by atoms with Crippen molar-refractivity contribution in [1.29, 1.82) is 0 Å². The second-order valence-corrected chi connectivity index (χ2v) is 5.34. The van der Waals surface area contributed by atoms with E-state index in [4.69, 9.17) is 0 Å². The topological polar surface area (TPSA) is 79.8 Å². The summed E-state index contributed by atoms with van der Waals surface area (Å²) in [6.07, 6.45) is 5.64. The standard InChI is InChI=1S/C14H16BrN5O/c1-3-4-16-13-8-17-11(7-19-13)14(21)20-12-5-9(2)10(15)6-18-12/h5-8H,3-4H2,1-2H3,(H,16,19)(H,18,20,21). The Labute approximate surface area is 131 Å². The average molecular weight is 350 g/mol. The van der Waals surface area contributed by atoms with Crippen molar-refractivity contribution < 1.29 is 4.79 Å². The third-order valence-corrected chi connectivity index (χ3v) is 3.56. The van der Waals surface area contributed by atoms with Crippen LogP contribution in [0.3, 0.4) is 0 Å². The third-order valence-electron chi connectivity index (χ3n) is 2.73. The maximum absolute atomic E-state index is 12.0. The summed E-state index contributed by atoms with van der Waals surface area (Å²) in [7, 11) is 0. The minimum Gasteiger partial charge on any atom is -0.369 e. The minimum atomic E-state index is -0.334. The highest BCUT2D eigenvalue weighted by atomic mass is 79.9. The van der Waals surface area contributed by atoms with Crippen molar-refractivity contribution in [3.8, 4) is 0 Å². The first-order valence-corrected chi connectivity index (χ1v) is 7.39. The van der Waals surface area contributed by atoms with Crippen LogP contribution in [0.5, 0.6) is 0 Å². The number of amides is 1. The molecule has 0 aliphatic heterocycles. The Morgan fingerprint density at radius 1 is 1.19 bits per heavy atom. The highest BCUT2D eigenvalue weighted by molar-refractivity contribution is 9.10. The number of pyridine rings is 1. The normalized spacial score (nSPS) is 10.2. The van der Waals surface area contributed by atoms with E-state index in [1.54, 1.807) is 18.5 Å². The highest BCUT2D eigenvalue weighted by Gasteiger charge is 2.09. The Balaban J connectivity index is 2.04. The summed E-state index contributed by atoms with van der Waals surface area (Å²) in [5.74, 6) is 0.806. The molecule has 0 bridgehead atoms. The molecule has 0 radical (unpaired) electrons. The zero-order valence-corrected chi connectivity index (χ0v) is 13.4. The van der Waals surface area contributed by atoms with Crippen molar-refractivity contribution in [3.63, 3.8) is 0 Å². The Morgan fingerprint density at radius 3 is 2.57 bits per heavy atom. The molecule has 0 fully saturated rings. The Morgan fingerprint density at radius 2 is 1.95 bits per heavy atom. The molecule has 2 aromatic rings. The third kappa shape index (κ3) is 4.22. The van der Waals surface area contributed by atoms with E-state index >= 15 is 0 Å². The molecule has 0 saturated carbocycles. The molecule has 0 saturated heterocycles. The van der Waals surface area contributed by atoms with Crippen molar-refractivity contribution in [2.75, 3.05) is 17.2 Å². The first-order chi connectivity index (χ1) is 10.1. The van der Waals surface area contributed by atoms with Crippen LogP contribution in [-0.4, -0.2) is 27.4 Å². The molecule has 2 aromatic heterocycles. The van der Waals surface area contributed by atoms with Gasteiger partial charge in [-0.25, -0.2) is 15.0 Å². The van der Waals surface area contributed by atoms with Crippen LogP contribution >= 0.6 is 15.9 Å². The SMILES string of the molecule is CCCNc1cnc(C(=O)Nc2cc(C)c(Br)cn2)cn1. The minimum absolute atomic E-state index is 0.249. The number of rotatable bonds is 5. The second-order valence-electron chi connectivity index (χ2n) is 4.49. The number of nitrogens with zero attached hydrogens (tertiary/aromatic N) is 3. The molecule has 110 valence electrons. The van der Waals surface area contributed by atoms with Gasteiger partial charge in [0, 0.05) is 17.2 Å². The number of carbonyl (C=O) groups excluding carboxylic acids is 1. The fraction of sp³-hybridized carbons (Fsp3) is 0.286. The molecule has 0 aromatic carbocycles. The number of hydrogen-bond donors (Lipinski definition) is 2. The summed E-state index contributed by atoms with van der Waals surface area (Å²) >= 11 is 3.36. The van der Waals surface area contributed by atoms with Gasteiger partial charge in [-0.3, -0.25) is 4.79 Å². The van der Waals surface area contributed by atoms with Gasteiger partial charge in [0.25, 0.3) is 5.91 Å². The van der Waals surface area contributed by atoms with Crippen LogP contribution in [-0.2, 0) is 0 Å². The first kappa shape index (κ1) is 15.4. The summed E-state index contributed by atoms with van der Waals surface area (Å²) < 4.78 is 0.895. The Hall–Kier alpha value is -2.02. The average Bonchev–Trinajstić information content (AvgIpc) is 2.49. The van der Waals surface area contributed by atoms with Crippen LogP contribution in [0, 0.1) is 6.92 Å². The lowest BCUT2D eigenvalue weighted by atomic mass is 10.3. The van der Waals surface area contributed by atoms with Gasteiger partial charge in [0.2, 0.25) is 0 Å². The van der Waals surface area contributed by atoms with Gasteiger partial charge in [-0.05, 0) is 40.9 Å². The van der Waals surface area contributed by atoms with Gasteiger partial charge in [0.05, 0.1) is 12.4 Å². The monoisotopic (exact) mass is 349 g/mol. The van der Waals surface area contributed by atoms with E-state index in [1.807, 2.05) is 6.92 Å². The van der Waals surface area contributed by atoms with E-state index in [9.17, 15) is 4.79 Å². The Bertz CT molecular complexity index is 630. The molecule has 21 heavy (non-hydrogen) atoms. The van der Waals surface area contributed by atoms with E-state index in [2.05, 4.69) is 48.4 Å². The molecule has 2 heterocycles. The molecule has 0 spiro atoms. The summed E-state index contributed by atoms with van der Waals surface area (Å²) in [4.78, 5) is 24.4. The van der Waals surface area contributed by atoms with Crippen LogP contribution in [0.25, 0.3) is 0 Å². The molecular formula is C14H16BrN5O. The van der Waals surface area contributed by atoms with Gasteiger partial charge in [-0.15, -0.1) is 0 Å². The number of nitrogens with one attached hydrogen (secondary N) is 2. The predicted molar refractivity (Wildman–Crippen MR) is 85.4 cm³/mol. The molecule has 0 aliphatic carbocycles.